The zero-order valence-corrected chi connectivity index (χ0v) is 19.7. The Bertz CT molecular complexity index is 1120. The lowest BCUT2D eigenvalue weighted by Gasteiger charge is -2.44. The van der Waals surface area contributed by atoms with Crippen LogP contribution in [0.2, 0.25) is 0 Å². The standard InChI is InChI=1S/C29H32N2O3/c1-33-28-27(30-26(32)21-22-9-3-2-4-10-22)24-13-5-6-14-25(24)29(28)15-18-31(19-16-29)17-7-11-23-12-8-20-34-23/h2-14,20,27-28H,15-19,21H2,1H3,(H,30,32)/b11-7+/t27-,28+/m1/s1. The molecule has 0 bridgehead atoms. The summed E-state index contributed by atoms with van der Waals surface area (Å²) in [6.07, 6.45) is 8.20. The Hall–Kier alpha value is -3.15. The quantitative estimate of drug-likeness (QED) is 0.557. The highest BCUT2D eigenvalue weighted by Gasteiger charge is 2.53. The average molecular weight is 457 g/mol. The van der Waals surface area contributed by atoms with Crippen molar-refractivity contribution in [1.29, 1.82) is 0 Å². The summed E-state index contributed by atoms with van der Waals surface area (Å²) in [5.74, 6) is 0.914. The highest BCUT2D eigenvalue weighted by molar-refractivity contribution is 5.79. The molecule has 2 aliphatic rings. The van der Waals surface area contributed by atoms with Crippen molar-refractivity contribution in [2.24, 2.45) is 0 Å². The fourth-order valence-electron chi connectivity index (χ4n) is 5.77. The largest absolute Gasteiger partial charge is 0.465 e. The molecule has 0 radical (unpaired) electrons. The van der Waals surface area contributed by atoms with Crippen molar-refractivity contribution >= 4 is 12.0 Å². The van der Waals surface area contributed by atoms with E-state index in [9.17, 15) is 4.79 Å². The van der Waals surface area contributed by atoms with Crippen molar-refractivity contribution in [3.05, 3.63) is 102 Å². The number of likely N-dealkylation sites (tertiary alicyclic amines) is 1. The molecule has 0 unspecified atom stereocenters. The molecule has 1 amide bonds. The van der Waals surface area contributed by atoms with E-state index in [1.165, 1.54) is 11.1 Å². The van der Waals surface area contributed by atoms with Gasteiger partial charge >= 0.3 is 0 Å². The maximum Gasteiger partial charge on any atom is 0.224 e. The first-order valence-electron chi connectivity index (χ1n) is 12.1. The van der Waals surface area contributed by atoms with Gasteiger partial charge in [0.15, 0.2) is 0 Å². The molecule has 34 heavy (non-hydrogen) atoms. The zero-order chi connectivity index (χ0) is 23.4. The second-order valence-corrected chi connectivity index (χ2v) is 9.33. The first kappa shape index (κ1) is 22.6. The number of carbonyl (C=O) groups is 1. The first-order chi connectivity index (χ1) is 16.7. The molecule has 176 valence electrons. The summed E-state index contributed by atoms with van der Waals surface area (Å²) in [5, 5.41) is 3.32. The molecular weight excluding hydrogens is 424 g/mol. The second kappa shape index (κ2) is 10.00. The van der Waals surface area contributed by atoms with Gasteiger partial charge in [0, 0.05) is 19.1 Å². The third-order valence-corrected chi connectivity index (χ3v) is 7.39. The summed E-state index contributed by atoms with van der Waals surface area (Å²) in [6.45, 7) is 2.87. The lowest BCUT2D eigenvalue weighted by atomic mass is 9.72. The maximum absolute atomic E-state index is 13.0. The topological polar surface area (TPSA) is 54.7 Å². The Labute approximate surface area is 201 Å². The van der Waals surface area contributed by atoms with Crippen molar-refractivity contribution in [3.8, 4) is 0 Å². The highest BCUT2D eigenvalue weighted by Crippen LogP contribution is 2.52. The number of ether oxygens (including phenoxy) is 1. The Morgan fingerprint density at radius 3 is 2.59 bits per heavy atom. The van der Waals surface area contributed by atoms with Crippen molar-refractivity contribution in [1.82, 2.24) is 10.2 Å². The van der Waals surface area contributed by atoms with Crippen LogP contribution in [0.15, 0.2) is 83.5 Å². The van der Waals surface area contributed by atoms with E-state index in [4.69, 9.17) is 9.15 Å². The minimum atomic E-state index is -0.136. The fraction of sp³-hybridized carbons (Fsp3) is 0.345. The van der Waals surface area contributed by atoms with Crippen LogP contribution in [0.1, 0.15) is 41.3 Å². The number of nitrogens with zero attached hydrogens (tertiary/aromatic N) is 1. The summed E-state index contributed by atoms with van der Waals surface area (Å²) in [7, 11) is 1.78. The van der Waals surface area contributed by atoms with E-state index in [0.717, 1.165) is 43.8 Å². The van der Waals surface area contributed by atoms with Gasteiger partial charge in [0.05, 0.1) is 24.8 Å². The summed E-state index contributed by atoms with van der Waals surface area (Å²) in [5.41, 5.74) is 3.46. The zero-order valence-electron chi connectivity index (χ0n) is 19.7. The number of benzene rings is 2. The first-order valence-corrected chi connectivity index (χ1v) is 12.1. The van der Waals surface area contributed by atoms with Gasteiger partial charge in [-0.1, -0.05) is 60.7 Å². The molecule has 1 N–H and O–H groups in total. The maximum atomic E-state index is 13.0. The smallest absolute Gasteiger partial charge is 0.224 e. The van der Waals surface area contributed by atoms with Crippen LogP contribution in [0.4, 0.5) is 0 Å². The van der Waals surface area contributed by atoms with E-state index >= 15 is 0 Å². The van der Waals surface area contributed by atoms with Crippen molar-refractivity contribution in [2.75, 3.05) is 26.7 Å². The third-order valence-electron chi connectivity index (χ3n) is 7.39. The number of fused-ring (bicyclic) bond motifs is 2. The molecule has 2 heterocycles. The summed E-state index contributed by atoms with van der Waals surface area (Å²) in [6, 6.07) is 22.2. The molecule has 1 aromatic heterocycles. The third kappa shape index (κ3) is 4.46. The molecule has 1 aliphatic heterocycles. The van der Waals surface area contributed by atoms with E-state index < -0.39 is 0 Å². The molecular formula is C29H32N2O3. The van der Waals surface area contributed by atoms with Crippen LogP contribution >= 0.6 is 0 Å². The average Bonchev–Trinajstić information content (AvgIpc) is 3.47. The van der Waals surface area contributed by atoms with Crippen molar-refractivity contribution < 1.29 is 13.9 Å². The molecule has 5 heteroatoms. The van der Waals surface area contributed by atoms with E-state index in [0.29, 0.717) is 6.42 Å². The second-order valence-electron chi connectivity index (χ2n) is 9.33. The molecule has 0 saturated carbocycles. The summed E-state index contributed by atoms with van der Waals surface area (Å²) < 4.78 is 11.5. The molecule has 1 saturated heterocycles. The number of piperidine rings is 1. The number of furan rings is 1. The van der Waals surface area contributed by atoms with Crippen molar-refractivity contribution in [2.45, 2.75) is 36.8 Å². The Morgan fingerprint density at radius 2 is 1.85 bits per heavy atom. The van der Waals surface area contributed by atoms with Gasteiger partial charge in [-0.15, -0.1) is 0 Å². The molecule has 1 spiro atoms. The molecule has 3 aromatic rings. The monoisotopic (exact) mass is 456 g/mol. The predicted molar refractivity (Wildman–Crippen MR) is 133 cm³/mol. The number of rotatable bonds is 7. The van der Waals surface area contributed by atoms with Crippen LogP contribution in [0, 0.1) is 0 Å². The van der Waals surface area contributed by atoms with Crippen molar-refractivity contribution in [3.63, 3.8) is 0 Å². The van der Waals surface area contributed by atoms with Gasteiger partial charge in [-0.05, 0) is 60.8 Å². The van der Waals surface area contributed by atoms with Gasteiger partial charge in [-0.3, -0.25) is 9.69 Å². The fourth-order valence-corrected chi connectivity index (χ4v) is 5.77. The van der Waals surface area contributed by atoms with Gasteiger partial charge in [-0.2, -0.15) is 0 Å². The molecule has 5 rings (SSSR count). The Balaban J connectivity index is 1.30. The number of hydrogen-bond acceptors (Lipinski definition) is 4. The number of hydrogen-bond donors (Lipinski definition) is 1. The lowest BCUT2D eigenvalue weighted by molar-refractivity contribution is -0.122. The van der Waals surface area contributed by atoms with E-state index in [-0.39, 0.29) is 23.5 Å². The Morgan fingerprint density at radius 1 is 1.09 bits per heavy atom. The Kier molecular flexibility index (Phi) is 6.66. The van der Waals surface area contributed by atoms with E-state index in [1.807, 2.05) is 48.5 Å². The molecule has 2 aromatic carbocycles. The molecule has 1 fully saturated rings. The summed E-state index contributed by atoms with van der Waals surface area (Å²) >= 11 is 0. The van der Waals surface area contributed by atoms with Gasteiger partial charge in [0.1, 0.15) is 5.76 Å². The summed E-state index contributed by atoms with van der Waals surface area (Å²) in [4.78, 5) is 15.5. The number of amides is 1. The van der Waals surface area contributed by atoms with Gasteiger partial charge in [0.25, 0.3) is 0 Å². The number of carbonyl (C=O) groups excluding carboxylic acids is 1. The minimum Gasteiger partial charge on any atom is -0.465 e. The van der Waals surface area contributed by atoms with Crippen LogP contribution < -0.4 is 5.32 Å². The van der Waals surface area contributed by atoms with Crippen LogP contribution in [-0.2, 0) is 21.4 Å². The van der Waals surface area contributed by atoms with Crippen LogP contribution in [0.25, 0.3) is 6.08 Å². The number of methoxy groups -OCH3 is 1. The molecule has 1 aliphatic carbocycles. The van der Waals surface area contributed by atoms with Gasteiger partial charge in [0.2, 0.25) is 5.91 Å². The SMILES string of the molecule is CO[C@H]1[C@H](NC(=O)Cc2ccccc2)c2ccccc2C12CCN(C/C=C/c1ccco1)CC2. The predicted octanol–water partition coefficient (Wildman–Crippen LogP) is 4.76. The lowest BCUT2D eigenvalue weighted by Crippen LogP contribution is -2.50. The van der Waals surface area contributed by atoms with E-state index in [1.54, 1.807) is 13.4 Å². The van der Waals surface area contributed by atoms with Crippen LogP contribution in [0.5, 0.6) is 0 Å². The molecule has 2 atom stereocenters. The normalized spacial score (nSPS) is 21.7. The van der Waals surface area contributed by atoms with Crippen LogP contribution in [-0.4, -0.2) is 43.7 Å². The van der Waals surface area contributed by atoms with Gasteiger partial charge < -0.3 is 14.5 Å². The number of nitrogens with one attached hydrogen (secondary N) is 1. The molecule has 5 nitrogen and oxygen atoms in total. The highest BCUT2D eigenvalue weighted by atomic mass is 16.5. The van der Waals surface area contributed by atoms with Crippen LogP contribution in [0.3, 0.4) is 0 Å². The van der Waals surface area contributed by atoms with Gasteiger partial charge in [-0.25, -0.2) is 0 Å². The minimum absolute atomic E-state index is 0.0330. The van der Waals surface area contributed by atoms with E-state index in [2.05, 4.69) is 40.6 Å².